The van der Waals surface area contributed by atoms with Gasteiger partial charge < -0.3 is 41.8 Å². The van der Waals surface area contributed by atoms with Gasteiger partial charge in [0.1, 0.15) is 36.9 Å². The van der Waals surface area contributed by atoms with Crippen LogP contribution in [0.5, 0.6) is 0 Å². The summed E-state index contributed by atoms with van der Waals surface area (Å²) < 4.78 is 31.4. The maximum Gasteiger partial charge on any atom is 0.306 e. The van der Waals surface area contributed by atoms with Crippen LogP contribution < -0.4 is 22.1 Å². The molecule has 8 amide bonds. The number of nitrogens with zero attached hydrogens (tertiary/aromatic N) is 4. The monoisotopic (exact) mass is 906 g/mol. The van der Waals surface area contributed by atoms with Gasteiger partial charge in [0.25, 0.3) is 17.7 Å². The lowest BCUT2D eigenvalue weighted by Gasteiger charge is -2.41. The van der Waals surface area contributed by atoms with E-state index in [1.165, 1.54) is 11.8 Å². The summed E-state index contributed by atoms with van der Waals surface area (Å²) in [5.41, 5.74) is 11.7. The number of aliphatic hydroxyl groups is 1. The van der Waals surface area contributed by atoms with Crippen LogP contribution in [-0.2, 0) is 49.7 Å². The molecule has 0 unspecified atom stereocenters. The van der Waals surface area contributed by atoms with Gasteiger partial charge in [-0.15, -0.1) is 0 Å². The summed E-state index contributed by atoms with van der Waals surface area (Å²) >= 11 is 0. The molecule has 4 atom stereocenters. The van der Waals surface area contributed by atoms with Gasteiger partial charge in [-0.25, -0.2) is 8.78 Å². The zero-order chi connectivity index (χ0) is 48.3. The molecule has 1 aliphatic heterocycles. The molecule has 0 saturated carbocycles. The van der Waals surface area contributed by atoms with Crippen LogP contribution in [0.2, 0.25) is 0 Å². The molecular weight excluding hydrogens is 855 g/mol. The number of aliphatic hydroxyl groups excluding tert-OH is 1. The normalized spacial score (nSPS) is 14.3. The van der Waals surface area contributed by atoms with Gasteiger partial charge in [-0.3, -0.25) is 53.0 Å². The molecule has 0 spiro atoms. The van der Waals surface area contributed by atoms with Gasteiger partial charge in [0.15, 0.2) is 0 Å². The van der Waals surface area contributed by atoms with Crippen LogP contribution in [-0.4, -0.2) is 127 Å². The van der Waals surface area contributed by atoms with Gasteiger partial charge in [-0.05, 0) is 48.6 Å². The van der Waals surface area contributed by atoms with Gasteiger partial charge >= 0.3 is 5.97 Å². The fourth-order valence-corrected chi connectivity index (χ4v) is 7.27. The number of hydrogen-bond acceptors (Lipinski definition) is 11. The minimum atomic E-state index is -2.21. The average molecular weight is 907 g/mol. The van der Waals surface area contributed by atoms with E-state index in [4.69, 9.17) is 11.5 Å². The molecule has 1 aliphatic rings. The van der Waals surface area contributed by atoms with Crippen molar-refractivity contribution in [2.24, 2.45) is 16.9 Å². The zero-order valence-electron chi connectivity index (χ0n) is 36.2. The molecule has 348 valence electrons. The summed E-state index contributed by atoms with van der Waals surface area (Å²) in [4.78, 5) is 119. The lowest BCUT2D eigenvalue weighted by Crippen LogP contribution is -2.61. The predicted molar refractivity (Wildman–Crippen MR) is 227 cm³/mol. The van der Waals surface area contributed by atoms with Crippen LogP contribution in [0.4, 0.5) is 8.78 Å². The fraction of sp³-hybridized carbons (Fsp3) is 0.386. The van der Waals surface area contributed by atoms with Gasteiger partial charge in [-0.2, -0.15) is 0 Å². The number of halogens is 2. The van der Waals surface area contributed by atoms with Crippen molar-refractivity contribution in [3.63, 3.8) is 0 Å². The Kier molecular flexibility index (Phi) is 17.1. The molecule has 21 heteroatoms. The number of benzene rings is 2. The highest BCUT2D eigenvalue weighted by molar-refractivity contribution is 6.15. The lowest BCUT2D eigenvalue weighted by atomic mass is 9.83. The summed E-state index contributed by atoms with van der Waals surface area (Å²) in [7, 11) is 0. The molecule has 0 radical (unpaired) electrons. The Morgan fingerprint density at radius 3 is 2.11 bits per heavy atom. The molecule has 0 bridgehead atoms. The molecule has 8 N–H and O–H groups in total. The van der Waals surface area contributed by atoms with Crippen LogP contribution >= 0.6 is 0 Å². The minimum absolute atomic E-state index is 0.0389. The number of carboxylic acid groups (broad SMARTS) is 1. The maximum atomic E-state index is 15.2. The van der Waals surface area contributed by atoms with Gasteiger partial charge in [-0.1, -0.05) is 51.1 Å². The Morgan fingerprint density at radius 1 is 0.892 bits per heavy atom. The number of aromatic nitrogens is 1. The molecule has 4 rings (SSSR count). The first-order valence-corrected chi connectivity index (χ1v) is 20.4. The number of rotatable bonds is 21. The molecule has 2 heterocycles. The average Bonchev–Trinajstić information content (AvgIpc) is 3.78. The van der Waals surface area contributed by atoms with E-state index in [-0.39, 0.29) is 36.5 Å². The van der Waals surface area contributed by atoms with E-state index in [0.717, 1.165) is 35.9 Å². The van der Waals surface area contributed by atoms with Crippen molar-refractivity contribution in [2.45, 2.75) is 77.7 Å². The standard InChI is InChI=1S/C44H52F2N8O11/c1-25(47)41(63)50-31(19-34(48)56)43(65)54(37(59)23-53-35(57)13-14-36(53)58)33(20-39(61)62)42(64)49-15-8-16-52(38(60)24-55)40(44(2,3)4)32-17-27(29-18-28(45)11-12-30(29)46)22-51(32)21-26-9-6-5-7-10-26/h5-7,9-14,17-18,22,25,31,33,40,55H,8,15-16,19-21,23-24,47H2,1-4H3,(H2,48,56)(H,49,64)(H,50,63)(H,61,62)/t25-,31+,33-,40-/m0/s1. The number of carbonyl (C=O) groups is 9. The van der Waals surface area contributed by atoms with Crippen molar-refractivity contribution in [1.82, 2.24) is 29.9 Å². The molecule has 0 fully saturated rings. The van der Waals surface area contributed by atoms with E-state index in [9.17, 15) is 57.8 Å². The van der Waals surface area contributed by atoms with E-state index in [0.29, 0.717) is 16.2 Å². The Morgan fingerprint density at radius 2 is 1.54 bits per heavy atom. The van der Waals surface area contributed by atoms with E-state index >= 15 is 4.39 Å². The number of nitrogens with two attached hydrogens (primary N) is 2. The van der Waals surface area contributed by atoms with Crippen LogP contribution in [0.3, 0.4) is 0 Å². The third kappa shape index (κ3) is 13.2. The first-order chi connectivity index (χ1) is 30.5. The number of nitrogens with one attached hydrogen (secondary N) is 2. The molecule has 19 nitrogen and oxygen atoms in total. The van der Waals surface area contributed by atoms with Gasteiger partial charge in [0.05, 0.1) is 24.9 Å². The van der Waals surface area contributed by atoms with E-state index in [2.05, 4.69) is 10.6 Å². The number of imide groups is 2. The third-order valence-electron chi connectivity index (χ3n) is 10.2. The Labute approximate surface area is 372 Å². The van der Waals surface area contributed by atoms with Crippen molar-refractivity contribution in [2.75, 3.05) is 26.2 Å². The summed E-state index contributed by atoms with van der Waals surface area (Å²) in [5, 5.41) is 24.7. The topological polar surface area (TPSA) is 285 Å². The molecule has 2 aromatic carbocycles. The Hall–Kier alpha value is -7.13. The highest BCUT2D eigenvalue weighted by Crippen LogP contribution is 2.41. The Balaban J connectivity index is 1.69. The number of carbonyl (C=O) groups excluding carboxylic acids is 8. The third-order valence-corrected chi connectivity index (χ3v) is 10.2. The first-order valence-electron chi connectivity index (χ1n) is 20.4. The number of amides is 8. The van der Waals surface area contributed by atoms with Crippen molar-refractivity contribution >= 4 is 53.2 Å². The van der Waals surface area contributed by atoms with Gasteiger partial charge in [0, 0.05) is 54.8 Å². The number of carboxylic acids is 1. The van der Waals surface area contributed by atoms with E-state index in [1.807, 2.05) is 51.1 Å². The van der Waals surface area contributed by atoms with Crippen LogP contribution in [0.25, 0.3) is 11.1 Å². The number of hydrogen-bond donors (Lipinski definition) is 6. The molecular formula is C44H52F2N8O11. The largest absolute Gasteiger partial charge is 0.481 e. The first kappa shape index (κ1) is 50.5. The quantitative estimate of drug-likeness (QED) is 0.0638. The SMILES string of the molecule is C[C@H](N)C(=O)N[C@H](CC(N)=O)C(=O)N(C(=O)CN1C(=O)C=CC1=O)[C@@H](CC(=O)O)C(=O)NCCCN(C(=O)CO)[C@@H](c1cc(-c2cc(F)ccc2F)cn1Cc1ccccc1)C(C)(C)C. The molecule has 0 aliphatic carbocycles. The second kappa shape index (κ2) is 22.0. The van der Waals surface area contributed by atoms with Crippen molar-refractivity contribution in [3.8, 4) is 11.1 Å². The lowest BCUT2D eigenvalue weighted by molar-refractivity contribution is -0.159. The number of aliphatic carboxylic acids is 1. The van der Waals surface area contributed by atoms with E-state index < -0.39 is 120 Å². The summed E-state index contributed by atoms with van der Waals surface area (Å²) in [6.07, 6.45) is 1.03. The van der Waals surface area contributed by atoms with Crippen LogP contribution in [0.15, 0.2) is 72.9 Å². The maximum absolute atomic E-state index is 15.2. The number of primary amides is 1. The summed E-state index contributed by atoms with van der Waals surface area (Å²) in [5.74, 6) is -12.1. The van der Waals surface area contributed by atoms with Crippen LogP contribution in [0.1, 0.15) is 64.3 Å². The minimum Gasteiger partial charge on any atom is -0.481 e. The zero-order valence-corrected chi connectivity index (χ0v) is 36.2. The van der Waals surface area contributed by atoms with Crippen molar-refractivity contribution in [3.05, 3.63) is 95.8 Å². The predicted octanol–water partition coefficient (Wildman–Crippen LogP) is 0.727. The second-order valence-electron chi connectivity index (χ2n) is 16.4. The van der Waals surface area contributed by atoms with Gasteiger partial charge in [0.2, 0.25) is 29.5 Å². The molecule has 3 aromatic rings. The summed E-state index contributed by atoms with van der Waals surface area (Å²) in [6.45, 7) is 4.30. The highest BCUT2D eigenvalue weighted by atomic mass is 19.1. The van der Waals surface area contributed by atoms with E-state index in [1.54, 1.807) is 16.8 Å². The van der Waals surface area contributed by atoms with Crippen molar-refractivity contribution < 1.29 is 62.1 Å². The van der Waals surface area contributed by atoms with Crippen molar-refractivity contribution in [1.29, 1.82) is 0 Å². The second-order valence-corrected chi connectivity index (χ2v) is 16.4. The summed E-state index contributed by atoms with van der Waals surface area (Å²) in [6, 6.07) is 7.52. The fourth-order valence-electron chi connectivity index (χ4n) is 7.27. The smallest absolute Gasteiger partial charge is 0.306 e. The molecule has 65 heavy (non-hydrogen) atoms. The molecule has 0 saturated heterocycles. The molecule has 1 aromatic heterocycles. The van der Waals surface area contributed by atoms with Crippen LogP contribution in [0, 0.1) is 17.0 Å². The highest BCUT2D eigenvalue weighted by Gasteiger charge is 2.42. The Bertz CT molecular complexity index is 2330.